The first-order chi connectivity index (χ1) is 13.1. The van der Waals surface area contributed by atoms with Crippen LogP contribution in [-0.4, -0.2) is 69.9 Å². The Balaban J connectivity index is 1.48. The Morgan fingerprint density at radius 2 is 1.89 bits per heavy atom. The minimum atomic E-state index is 0.390. The average Bonchev–Trinajstić information content (AvgIpc) is 3.33. The van der Waals surface area contributed by atoms with E-state index in [0.717, 1.165) is 55.8 Å². The molecule has 2 aliphatic heterocycles. The van der Waals surface area contributed by atoms with Gasteiger partial charge in [-0.3, -0.25) is 4.90 Å². The summed E-state index contributed by atoms with van der Waals surface area (Å²) in [6, 6.07) is 2.07. The Kier molecular flexibility index (Phi) is 5.24. The number of piperidine rings is 1. The van der Waals surface area contributed by atoms with Crippen LogP contribution in [0.3, 0.4) is 0 Å². The molecule has 1 unspecified atom stereocenters. The molecular formula is C19H30N8. The highest BCUT2D eigenvalue weighted by Crippen LogP contribution is 2.29. The molecule has 2 aromatic heterocycles. The highest BCUT2D eigenvalue weighted by atomic mass is 15.3. The highest BCUT2D eigenvalue weighted by Gasteiger charge is 2.27. The molecule has 146 valence electrons. The van der Waals surface area contributed by atoms with Gasteiger partial charge in [0.1, 0.15) is 29.6 Å². The molecule has 1 atom stereocenters. The highest BCUT2D eigenvalue weighted by molar-refractivity contribution is 5.49. The molecule has 4 heterocycles. The van der Waals surface area contributed by atoms with Crippen LogP contribution in [0.1, 0.15) is 43.3 Å². The third-order valence-corrected chi connectivity index (χ3v) is 5.77. The van der Waals surface area contributed by atoms with Gasteiger partial charge in [-0.25, -0.2) is 9.97 Å². The van der Waals surface area contributed by atoms with Crippen molar-refractivity contribution in [1.29, 1.82) is 0 Å². The second kappa shape index (κ2) is 7.80. The predicted molar refractivity (Wildman–Crippen MR) is 106 cm³/mol. The van der Waals surface area contributed by atoms with Crippen LogP contribution in [-0.2, 0) is 13.6 Å². The summed E-state index contributed by atoms with van der Waals surface area (Å²) in [5, 5.41) is 9.08. The van der Waals surface area contributed by atoms with Gasteiger partial charge < -0.3 is 14.4 Å². The zero-order chi connectivity index (χ0) is 18.8. The van der Waals surface area contributed by atoms with Crippen LogP contribution in [0.15, 0.2) is 12.4 Å². The molecule has 0 N–H and O–H groups in total. The van der Waals surface area contributed by atoms with Crippen molar-refractivity contribution in [3.63, 3.8) is 0 Å². The van der Waals surface area contributed by atoms with E-state index in [4.69, 9.17) is 0 Å². The minimum Gasteiger partial charge on any atom is -0.363 e. The molecule has 4 rings (SSSR count). The Morgan fingerprint density at radius 3 is 2.67 bits per heavy atom. The van der Waals surface area contributed by atoms with Crippen molar-refractivity contribution >= 4 is 11.6 Å². The molecular weight excluding hydrogens is 340 g/mol. The molecule has 0 saturated carbocycles. The van der Waals surface area contributed by atoms with Crippen molar-refractivity contribution in [2.75, 3.05) is 50.1 Å². The molecule has 2 aliphatic rings. The molecule has 27 heavy (non-hydrogen) atoms. The van der Waals surface area contributed by atoms with Crippen LogP contribution in [0.25, 0.3) is 0 Å². The van der Waals surface area contributed by atoms with Gasteiger partial charge in [0.25, 0.3) is 0 Å². The van der Waals surface area contributed by atoms with Gasteiger partial charge in [-0.15, -0.1) is 10.2 Å². The van der Waals surface area contributed by atoms with Crippen LogP contribution in [0.5, 0.6) is 0 Å². The Labute approximate surface area is 161 Å². The maximum Gasteiger partial charge on any atom is 0.146 e. The monoisotopic (exact) mass is 370 g/mol. The Bertz CT molecular complexity index is 765. The molecule has 0 radical (unpaired) electrons. The molecule has 8 nitrogen and oxygen atoms in total. The lowest BCUT2D eigenvalue weighted by molar-refractivity contribution is 0.317. The summed E-state index contributed by atoms with van der Waals surface area (Å²) < 4.78 is 2.22. The summed E-state index contributed by atoms with van der Waals surface area (Å²) >= 11 is 0. The van der Waals surface area contributed by atoms with Crippen molar-refractivity contribution < 1.29 is 0 Å². The number of hydrogen-bond donors (Lipinski definition) is 0. The summed E-state index contributed by atoms with van der Waals surface area (Å²) in [4.78, 5) is 15.7. The van der Waals surface area contributed by atoms with Gasteiger partial charge in [0.15, 0.2) is 0 Å². The first-order valence-electron chi connectivity index (χ1n) is 9.96. The van der Waals surface area contributed by atoms with Gasteiger partial charge in [-0.05, 0) is 38.8 Å². The number of anilines is 2. The van der Waals surface area contributed by atoms with Gasteiger partial charge in [-0.1, -0.05) is 0 Å². The quantitative estimate of drug-likeness (QED) is 0.793. The second-order valence-corrected chi connectivity index (χ2v) is 7.93. The molecule has 2 saturated heterocycles. The van der Waals surface area contributed by atoms with Gasteiger partial charge in [0.05, 0.1) is 6.54 Å². The molecule has 2 fully saturated rings. The normalized spacial score (nSPS) is 21.0. The smallest absolute Gasteiger partial charge is 0.146 e. The second-order valence-electron chi connectivity index (χ2n) is 7.93. The fourth-order valence-corrected chi connectivity index (χ4v) is 4.16. The molecule has 0 aromatic carbocycles. The van der Waals surface area contributed by atoms with E-state index in [1.807, 2.05) is 19.0 Å². The van der Waals surface area contributed by atoms with Crippen LogP contribution in [0, 0.1) is 0 Å². The topological polar surface area (TPSA) is 66.2 Å². The molecule has 0 bridgehead atoms. The first kappa shape index (κ1) is 18.2. The van der Waals surface area contributed by atoms with E-state index in [0.29, 0.717) is 5.92 Å². The van der Waals surface area contributed by atoms with Gasteiger partial charge in [0, 0.05) is 46.2 Å². The molecule has 8 heteroatoms. The summed E-state index contributed by atoms with van der Waals surface area (Å²) in [5.74, 6) is 4.52. The van der Waals surface area contributed by atoms with Gasteiger partial charge >= 0.3 is 0 Å². The van der Waals surface area contributed by atoms with Crippen molar-refractivity contribution in [2.45, 2.75) is 38.1 Å². The summed E-state index contributed by atoms with van der Waals surface area (Å²) in [6.07, 6.45) is 6.55. The first-order valence-corrected chi connectivity index (χ1v) is 9.96. The van der Waals surface area contributed by atoms with Crippen LogP contribution < -0.4 is 9.80 Å². The number of hydrogen-bond acceptors (Lipinski definition) is 7. The zero-order valence-electron chi connectivity index (χ0n) is 16.7. The third-order valence-electron chi connectivity index (χ3n) is 5.77. The van der Waals surface area contributed by atoms with E-state index in [2.05, 4.69) is 47.6 Å². The minimum absolute atomic E-state index is 0.390. The van der Waals surface area contributed by atoms with Crippen molar-refractivity contribution in [1.82, 2.24) is 29.6 Å². The van der Waals surface area contributed by atoms with Crippen molar-refractivity contribution in [3.05, 3.63) is 24.0 Å². The van der Waals surface area contributed by atoms with E-state index in [1.54, 1.807) is 6.33 Å². The summed E-state index contributed by atoms with van der Waals surface area (Å²) in [5.41, 5.74) is 0. The van der Waals surface area contributed by atoms with Gasteiger partial charge in [-0.2, -0.15) is 0 Å². The Hall–Kier alpha value is -2.22. The maximum atomic E-state index is 4.57. The summed E-state index contributed by atoms with van der Waals surface area (Å²) in [6.45, 7) is 5.24. The lowest BCUT2D eigenvalue weighted by Gasteiger charge is -2.33. The summed E-state index contributed by atoms with van der Waals surface area (Å²) in [7, 11) is 6.13. The van der Waals surface area contributed by atoms with Gasteiger partial charge in [0.2, 0.25) is 0 Å². The van der Waals surface area contributed by atoms with Crippen LogP contribution >= 0.6 is 0 Å². The third kappa shape index (κ3) is 3.90. The fourth-order valence-electron chi connectivity index (χ4n) is 4.16. The standard InChI is InChI=1S/C19H30N8/c1-24(2)16-11-17(21-14-20-16)27-10-6-7-15(12-27)19-23-22-18(25(19)3)13-26-8-4-5-9-26/h11,14-15H,4-10,12-13H2,1-3H3. The Morgan fingerprint density at radius 1 is 1.07 bits per heavy atom. The van der Waals surface area contributed by atoms with Crippen LogP contribution in [0.2, 0.25) is 0 Å². The SMILES string of the molecule is CN(C)c1cc(N2CCCC(c3nnc(CN4CCCC4)n3C)C2)ncn1. The van der Waals surface area contributed by atoms with E-state index in [9.17, 15) is 0 Å². The number of nitrogens with zero attached hydrogens (tertiary/aromatic N) is 8. The number of aromatic nitrogens is 5. The van der Waals surface area contributed by atoms with Crippen molar-refractivity contribution in [2.24, 2.45) is 7.05 Å². The van der Waals surface area contributed by atoms with Crippen molar-refractivity contribution in [3.8, 4) is 0 Å². The van der Waals surface area contributed by atoms with E-state index < -0.39 is 0 Å². The molecule has 2 aromatic rings. The zero-order valence-corrected chi connectivity index (χ0v) is 16.7. The maximum absolute atomic E-state index is 4.57. The fraction of sp³-hybridized carbons (Fsp3) is 0.684. The van der Waals surface area contributed by atoms with E-state index in [-0.39, 0.29) is 0 Å². The lowest BCUT2D eigenvalue weighted by Crippen LogP contribution is -2.36. The molecule has 0 aliphatic carbocycles. The number of likely N-dealkylation sites (tertiary alicyclic amines) is 1. The predicted octanol–water partition coefficient (Wildman–Crippen LogP) is 1.65. The lowest BCUT2D eigenvalue weighted by atomic mass is 9.97. The largest absolute Gasteiger partial charge is 0.363 e. The van der Waals surface area contributed by atoms with E-state index >= 15 is 0 Å². The average molecular weight is 371 g/mol. The number of rotatable bonds is 5. The van der Waals surface area contributed by atoms with E-state index in [1.165, 1.54) is 25.9 Å². The molecule has 0 spiro atoms. The molecule has 0 amide bonds. The van der Waals surface area contributed by atoms with Crippen LogP contribution in [0.4, 0.5) is 11.6 Å².